The zero-order valence-electron chi connectivity index (χ0n) is 12.6. The number of benzene rings is 2. The molecule has 1 aliphatic rings. The van der Waals surface area contributed by atoms with Crippen molar-refractivity contribution >= 4 is 37.6 Å². The van der Waals surface area contributed by atoms with Gasteiger partial charge in [-0.25, -0.2) is 8.42 Å². The predicted molar refractivity (Wildman–Crippen MR) is 92.0 cm³/mol. The molecule has 6 nitrogen and oxygen atoms in total. The number of para-hydroxylation sites is 1. The number of rotatable bonds is 4. The Bertz CT molecular complexity index is 912. The van der Waals surface area contributed by atoms with Gasteiger partial charge in [-0.15, -0.1) is 0 Å². The minimum atomic E-state index is -3.88. The highest BCUT2D eigenvalue weighted by Crippen LogP contribution is 2.40. The average molecular weight is 412 g/mol. The lowest BCUT2D eigenvalue weighted by atomic mass is 10.0. The summed E-state index contributed by atoms with van der Waals surface area (Å²) >= 11 is 3.27. The quantitative estimate of drug-likeness (QED) is 0.835. The molecule has 3 rings (SSSR count). The van der Waals surface area contributed by atoms with Crippen molar-refractivity contribution in [3.05, 3.63) is 52.5 Å². The third-order valence-electron chi connectivity index (χ3n) is 3.94. The molecule has 2 aromatic rings. The van der Waals surface area contributed by atoms with Crippen LogP contribution in [0, 0.1) is 0 Å². The van der Waals surface area contributed by atoms with Crippen LogP contribution in [0.25, 0.3) is 0 Å². The van der Waals surface area contributed by atoms with Crippen LogP contribution in [0.5, 0.6) is 5.75 Å². The minimum absolute atomic E-state index is 0.0658. The van der Waals surface area contributed by atoms with Gasteiger partial charge in [-0.05, 0) is 45.8 Å². The van der Waals surface area contributed by atoms with E-state index < -0.39 is 21.9 Å². The van der Waals surface area contributed by atoms with Crippen molar-refractivity contribution in [3.8, 4) is 5.75 Å². The number of halogens is 1. The molecule has 0 spiro atoms. The van der Waals surface area contributed by atoms with E-state index in [1.54, 1.807) is 30.3 Å². The summed E-state index contributed by atoms with van der Waals surface area (Å²) < 4.78 is 32.7. The van der Waals surface area contributed by atoms with Gasteiger partial charge in [-0.2, -0.15) is 0 Å². The second-order valence-electron chi connectivity index (χ2n) is 5.28. The number of ether oxygens (including phenoxy) is 1. The molecule has 8 heteroatoms. The zero-order chi connectivity index (χ0) is 17.5. The zero-order valence-corrected chi connectivity index (χ0v) is 15.0. The Morgan fingerprint density at radius 1 is 1.29 bits per heavy atom. The summed E-state index contributed by atoms with van der Waals surface area (Å²) in [5, 5.41) is 9.38. The summed E-state index contributed by atoms with van der Waals surface area (Å²) in [5.41, 5.74) is 0.901. The van der Waals surface area contributed by atoms with Gasteiger partial charge in [-0.1, -0.05) is 18.2 Å². The van der Waals surface area contributed by atoms with E-state index in [4.69, 9.17) is 4.74 Å². The maximum Gasteiger partial charge on any atom is 0.312 e. The maximum atomic E-state index is 13.0. The summed E-state index contributed by atoms with van der Waals surface area (Å²) in [6.07, 6.45) is 0. The van der Waals surface area contributed by atoms with E-state index in [9.17, 15) is 18.3 Å². The number of fused-ring (bicyclic) bond motifs is 1. The van der Waals surface area contributed by atoms with Gasteiger partial charge in [0.05, 0.1) is 28.7 Å². The van der Waals surface area contributed by atoms with Crippen molar-refractivity contribution in [2.75, 3.05) is 18.0 Å². The van der Waals surface area contributed by atoms with Crippen LogP contribution in [0.15, 0.2) is 51.8 Å². The lowest BCUT2D eigenvalue weighted by Gasteiger charge is -2.20. The van der Waals surface area contributed by atoms with E-state index >= 15 is 0 Å². The Kier molecular flexibility index (Phi) is 4.27. The first kappa shape index (κ1) is 16.8. The second kappa shape index (κ2) is 6.10. The van der Waals surface area contributed by atoms with Crippen molar-refractivity contribution in [3.63, 3.8) is 0 Å². The molecular weight excluding hydrogens is 398 g/mol. The Hall–Kier alpha value is -2.06. The minimum Gasteiger partial charge on any atom is -0.496 e. The molecule has 0 fully saturated rings. The largest absolute Gasteiger partial charge is 0.496 e. The van der Waals surface area contributed by atoms with Crippen LogP contribution >= 0.6 is 15.9 Å². The summed E-state index contributed by atoms with van der Waals surface area (Å²) in [6, 6.07) is 11.1. The van der Waals surface area contributed by atoms with Gasteiger partial charge in [-0.3, -0.25) is 9.10 Å². The molecule has 0 amide bonds. The number of methoxy groups -OCH3 is 1. The van der Waals surface area contributed by atoms with Crippen molar-refractivity contribution < 1.29 is 23.1 Å². The molecule has 0 aromatic heterocycles. The van der Waals surface area contributed by atoms with Crippen LogP contribution in [0.2, 0.25) is 0 Å². The van der Waals surface area contributed by atoms with E-state index in [1.165, 1.54) is 19.2 Å². The van der Waals surface area contributed by atoms with Crippen LogP contribution in [0.1, 0.15) is 11.5 Å². The normalized spacial score (nSPS) is 16.8. The first-order valence-corrected chi connectivity index (χ1v) is 9.27. The molecule has 24 heavy (non-hydrogen) atoms. The summed E-state index contributed by atoms with van der Waals surface area (Å²) in [5.74, 6) is -1.41. The van der Waals surface area contributed by atoms with Crippen LogP contribution in [0.3, 0.4) is 0 Å². The first-order chi connectivity index (χ1) is 11.4. The molecule has 1 unspecified atom stereocenters. The van der Waals surface area contributed by atoms with E-state index in [0.717, 1.165) is 4.31 Å². The highest BCUT2D eigenvalue weighted by molar-refractivity contribution is 9.10. The topological polar surface area (TPSA) is 83.9 Å². The SMILES string of the molecule is COc1ccc(S(=O)(=O)N2CC(C(=O)O)c3ccccc32)cc1Br. The van der Waals surface area contributed by atoms with E-state index in [2.05, 4.69) is 15.9 Å². The number of aliphatic carboxylic acids is 1. The highest BCUT2D eigenvalue weighted by Gasteiger charge is 2.39. The van der Waals surface area contributed by atoms with Crippen molar-refractivity contribution in [1.82, 2.24) is 0 Å². The van der Waals surface area contributed by atoms with Crippen LogP contribution in [-0.4, -0.2) is 33.1 Å². The first-order valence-electron chi connectivity index (χ1n) is 7.04. The van der Waals surface area contributed by atoms with E-state index in [0.29, 0.717) is 21.5 Å². The van der Waals surface area contributed by atoms with Gasteiger partial charge in [0, 0.05) is 0 Å². The molecule has 126 valence electrons. The van der Waals surface area contributed by atoms with Crippen LogP contribution in [0.4, 0.5) is 5.69 Å². The molecule has 0 aliphatic carbocycles. The summed E-state index contributed by atoms with van der Waals surface area (Å²) in [4.78, 5) is 11.5. The molecule has 2 aromatic carbocycles. The Morgan fingerprint density at radius 3 is 2.62 bits per heavy atom. The molecular formula is C16H14BrNO5S. The summed E-state index contributed by atoms with van der Waals surface area (Å²) in [6.45, 7) is -0.124. The third kappa shape index (κ3) is 2.65. The van der Waals surface area contributed by atoms with Gasteiger partial charge >= 0.3 is 5.97 Å². The van der Waals surface area contributed by atoms with Crippen LogP contribution in [-0.2, 0) is 14.8 Å². The lowest BCUT2D eigenvalue weighted by Crippen LogP contribution is -2.31. The molecule has 0 radical (unpaired) electrons. The molecule has 0 saturated heterocycles. The smallest absolute Gasteiger partial charge is 0.312 e. The number of carboxylic acids is 1. The molecule has 1 atom stereocenters. The van der Waals surface area contributed by atoms with Gasteiger partial charge in [0.25, 0.3) is 10.0 Å². The third-order valence-corrected chi connectivity index (χ3v) is 6.33. The monoisotopic (exact) mass is 411 g/mol. The number of hydrogen-bond donors (Lipinski definition) is 1. The highest BCUT2D eigenvalue weighted by atomic mass is 79.9. The number of carboxylic acid groups (broad SMARTS) is 1. The number of sulfonamides is 1. The fourth-order valence-corrected chi connectivity index (χ4v) is 4.97. The number of nitrogens with zero attached hydrogens (tertiary/aromatic N) is 1. The second-order valence-corrected chi connectivity index (χ2v) is 8.00. The number of carbonyl (C=O) groups is 1. The average Bonchev–Trinajstić information content (AvgIpc) is 2.95. The summed E-state index contributed by atoms with van der Waals surface area (Å²) in [7, 11) is -2.39. The fraction of sp³-hybridized carbons (Fsp3) is 0.188. The van der Waals surface area contributed by atoms with Gasteiger partial charge in [0.1, 0.15) is 11.7 Å². The number of anilines is 1. The molecule has 1 N–H and O–H groups in total. The molecule has 0 bridgehead atoms. The Labute approximate surface area is 147 Å². The maximum absolute atomic E-state index is 13.0. The van der Waals surface area contributed by atoms with E-state index in [1.807, 2.05) is 0 Å². The Morgan fingerprint density at radius 2 is 2.00 bits per heavy atom. The predicted octanol–water partition coefficient (Wildman–Crippen LogP) is 2.83. The van der Waals surface area contributed by atoms with Crippen molar-refractivity contribution in [2.45, 2.75) is 10.8 Å². The lowest BCUT2D eigenvalue weighted by molar-refractivity contribution is -0.138. The fourth-order valence-electron chi connectivity index (χ4n) is 2.75. The molecule has 0 saturated carbocycles. The molecule has 1 heterocycles. The van der Waals surface area contributed by atoms with Gasteiger partial charge < -0.3 is 9.84 Å². The number of hydrogen-bond acceptors (Lipinski definition) is 4. The van der Waals surface area contributed by atoms with Crippen LogP contribution < -0.4 is 9.04 Å². The van der Waals surface area contributed by atoms with Gasteiger partial charge in [0.2, 0.25) is 0 Å². The van der Waals surface area contributed by atoms with Crippen molar-refractivity contribution in [1.29, 1.82) is 0 Å². The van der Waals surface area contributed by atoms with Gasteiger partial charge in [0.15, 0.2) is 0 Å². The Balaban J connectivity index is 2.08. The van der Waals surface area contributed by atoms with Crippen molar-refractivity contribution in [2.24, 2.45) is 0 Å². The molecule has 1 aliphatic heterocycles. The van der Waals surface area contributed by atoms with E-state index in [-0.39, 0.29) is 11.4 Å². The standard InChI is InChI=1S/C16H14BrNO5S/c1-23-15-7-6-10(8-13(15)17)24(21,22)18-9-12(16(19)20)11-4-2-3-5-14(11)18/h2-8,12H,9H2,1H3,(H,19,20).